The molecular weight excluding hydrogens is 436 g/mol. The van der Waals surface area contributed by atoms with Gasteiger partial charge in [0.05, 0.1) is 16.7 Å². The van der Waals surface area contributed by atoms with Crippen molar-refractivity contribution in [2.45, 2.75) is 0 Å². The van der Waals surface area contributed by atoms with Gasteiger partial charge in [0.1, 0.15) is 0 Å². The highest BCUT2D eigenvalue weighted by molar-refractivity contribution is 6.14. The summed E-state index contributed by atoms with van der Waals surface area (Å²) in [5.41, 5.74) is 8.76. The first-order valence-electron chi connectivity index (χ1n) is 12.2. The number of benzene rings is 5. The monoisotopic (exact) mass is 458 g/mol. The van der Waals surface area contributed by atoms with Crippen LogP contribution in [0.3, 0.4) is 0 Å². The van der Waals surface area contributed by atoms with Crippen molar-refractivity contribution >= 4 is 32.6 Å². The topological polar surface area (TPSA) is 25.8 Å². The molecule has 7 aromatic rings. The third-order valence-corrected chi connectivity index (χ3v) is 6.89. The molecule has 0 spiro atoms. The van der Waals surface area contributed by atoms with E-state index in [9.17, 15) is 0 Å². The average Bonchev–Trinajstić information content (AvgIpc) is 2.96. The van der Waals surface area contributed by atoms with Gasteiger partial charge in [-0.3, -0.25) is 4.98 Å². The largest absolute Gasteiger partial charge is 0.256 e. The van der Waals surface area contributed by atoms with Crippen molar-refractivity contribution in [2.24, 2.45) is 0 Å². The van der Waals surface area contributed by atoms with Crippen LogP contribution in [0, 0.1) is 0 Å². The van der Waals surface area contributed by atoms with E-state index in [-0.39, 0.29) is 0 Å². The van der Waals surface area contributed by atoms with Crippen LogP contribution in [0.2, 0.25) is 0 Å². The molecule has 2 nitrogen and oxygen atoms in total. The van der Waals surface area contributed by atoms with Crippen LogP contribution in [-0.2, 0) is 0 Å². The molecule has 0 atom stereocenters. The second-order valence-electron chi connectivity index (χ2n) is 9.06. The van der Waals surface area contributed by atoms with Crippen LogP contribution in [0.1, 0.15) is 0 Å². The van der Waals surface area contributed by atoms with Crippen LogP contribution in [0.4, 0.5) is 0 Å². The van der Waals surface area contributed by atoms with E-state index in [1.165, 1.54) is 27.3 Å². The van der Waals surface area contributed by atoms with Crippen molar-refractivity contribution in [2.75, 3.05) is 0 Å². The van der Waals surface area contributed by atoms with E-state index in [0.29, 0.717) is 0 Å². The minimum Gasteiger partial charge on any atom is -0.256 e. The third-order valence-electron chi connectivity index (χ3n) is 6.89. The lowest BCUT2D eigenvalue weighted by molar-refractivity contribution is 1.40. The first-order valence-corrected chi connectivity index (χ1v) is 12.2. The van der Waals surface area contributed by atoms with Crippen LogP contribution >= 0.6 is 0 Å². The van der Waals surface area contributed by atoms with E-state index in [0.717, 1.165) is 38.8 Å². The van der Waals surface area contributed by atoms with Gasteiger partial charge in [0, 0.05) is 28.1 Å². The van der Waals surface area contributed by atoms with E-state index < -0.39 is 0 Å². The number of fused-ring (bicyclic) bond motifs is 4. The summed E-state index contributed by atoms with van der Waals surface area (Å²) in [6, 6.07) is 44.8. The Morgan fingerprint density at radius 1 is 0.472 bits per heavy atom. The molecule has 168 valence electrons. The summed E-state index contributed by atoms with van der Waals surface area (Å²) in [4.78, 5) is 9.79. The van der Waals surface area contributed by atoms with Gasteiger partial charge in [0.2, 0.25) is 0 Å². The molecule has 36 heavy (non-hydrogen) atoms. The molecule has 0 bridgehead atoms. The van der Waals surface area contributed by atoms with Gasteiger partial charge in [-0.1, -0.05) is 103 Å². The van der Waals surface area contributed by atoms with Crippen molar-refractivity contribution in [3.05, 3.63) is 134 Å². The average molecular weight is 459 g/mol. The highest BCUT2D eigenvalue weighted by Crippen LogP contribution is 2.38. The lowest BCUT2D eigenvalue weighted by atomic mass is 9.92. The fraction of sp³-hybridized carbons (Fsp3) is 0. The van der Waals surface area contributed by atoms with Crippen LogP contribution in [0.15, 0.2) is 134 Å². The Morgan fingerprint density at radius 3 is 2.11 bits per heavy atom. The minimum absolute atomic E-state index is 0.977. The molecule has 0 aliphatic heterocycles. The second kappa shape index (κ2) is 8.44. The quantitative estimate of drug-likeness (QED) is 0.247. The Labute approximate surface area is 209 Å². The number of para-hydroxylation sites is 1. The first kappa shape index (κ1) is 20.5. The van der Waals surface area contributed by atoms with Crippen LogP contribution < -0.4 is 0 Å². The summed E-state index contributed by atoms with van der Waals surface area (Å²) in [6.07, 6.45) is 1.87. The Balaban J connectivity index is 1.52. The molecule has 0 saturated carbocycles. The van der Waals surface area contributed by atoms with Gasteiger partial charge in [0.25, 0.3) is 0 Å². The van der Waals surface area contributed by atoms with Crippen molar-refractivity contribution in [3.63, 3.8) is 0 Å². The van der Waals surface area contributed by atoms with Gasteiger partial charge in [-0.15, -0.1) is 0 Å². The summed E-state index contributed by atoms with van der Waals surface area (Å²) in [5.74, 6) is 0. The number of hydrogen-bond donors (Lipinski definition) is 0. The normalized spacial score (nSPS) is 11.3. The SMILES string of the molecule is c1ccc(-c2cc(-c3cccc(-c4cccc5cccnc45)c3)c3c(ccc4ccccc43)n2)cc1. The Bertz CT molecular complexity index is 1880. The molecule has 2 heterocycles. The van der Waals surface area contributed by atoms with Gasteiger partial charge < -0.3 is 0 Å². The molecule has 0 saturated heterocycles. The van der Waals surface area contributed by atoms with Crippen molar-refractivity contribution < 1.29 is 0 Å². The summed E-state index contributed by atoms with van der Waals surface area (Å²) in [6.45, 7) is 0. The zero-order valence-electron chi connectivity index (χ0n) is 19.6. The smallest absolute Gasteiger partial charge is 0.0780 e. The molecule has 5 aromatic carbocycles. The maximum absolute atomic E-state index is 5.09. The molecule has 0 N–H and O–H groups in total. The summed E-state index contributed by atoms with van der Waals surface area (Å²) < 4.78 is 0. The first-order chi connectivity index (χ1) is 17.8. The predicted octanol–water partition coefficient (Wildman–Crippen LogP) is 8.94. The maximum Gasteiger partial charge on any atom is 0.0780 e. The fourth-order valence-corrected chi connectivity index (χ4v) is 5.18. The summed E-state index contributed by atoms with van der Waals surface area (Å²) >= 11 is 0. The lowest BCUT2D eigenvalue weighted by Gasteiger charge is -2.14. The van der Waals surface area contributed by atoms with E-state index in [1.54, 1.807) is 0 Å². The van der Waals surface area contributed by atoms with Crippen molar-refractivity contribution in [1.29, 1.82) is 0 Å². The zero-order chi connectivity index (χ0) is 23.9. The second-order valence-corrected chi connectivity index (χ2v) is 9.06. The van der Waals surface area contributed by atoms with Crippen LogP contribution in [-0.4, -0.2) is 9.97 Å². The molecule has 0 fully saturated rings. The van der Waals surface area contributed by atoms with Gasteiger partial charge in [0.15, 0.2) is 0 Å². The highest BCUT2D eigenvalue weighted by atomic mass is 14.7. The number of rotatable bonds is 3. The standard InChI is InChI=1S/C34H22N2/c1-2-10-24(11-3-1)32-22-30(33-28-16-5-4-9-23(28)18-19-31(33)36-32)27-14-6-13-26(21-27)29-17-7-12-25-15-8-20-35-34(25)29/h1-22H. The molecule has 0 aliphatic rings. The summed E-state index contributed by atoms with van der Waals surface area (Å²) in [7, 11) is 0. The van der Waals surface area contributed by atoms with Gasteiger partial charge in [-0.05, 0) is 51.7 Å². The van der Waals surface area contributed by atoms with E-state index >= 15 is 0 Å². The minimum atomic E-state index is 0.977. The van der Waals surface area contributed by atoms with Gasteiger partial charge >= 0.3 is 0 Å². The number of aromatic nitrogens is 2. The van der Waals surface area contributed by atoms with Crippen molar-refractivity contribution in [3.8, 4) is 33.5 Å². The van der Waals surface area contributed by atoms with Gasteiger partial charge in [-0.2, -0.15) is 0 Å². The molecule has 0 aliphatic carbocycles. The number of hydrogen-bond acceptors (Lipinski definition) is 2. The lowest BCUT2D eigenvalue weighted by Crippen LogP contribution is -1.92. The van der Waals surface area contributed by atoms with Gasteiger partial charge in [-0.25, -0.2) is 4.98 Å². The third kappa shape index (κ3) is 3.43. The Morgan fingerprint density at radius 2 is 1.19 bits per heavy atom. The Kier molecular flexibility index (Phi) is 4.82. The number of nitrogens with zero attached hydrogens (tertiary/aromatic N) is 2. The molecule has 2 aromatic heterocycles. The molecule has 0 unspecified atom stereocenters. The van der Waals surface area contributed by atoms with Crippen molar-refractivity contribution in [1.82, 2.24) is 9.97 Å². The predicted molar refractivity (Wildman–Crippen MR) is 151 cm³/mol. The fourth-order valence-electron chi connectivity index (χ4n) is 5.18. The number of pyridine rings is 2. The van der Waals surface area contributed by atoms with Crippen LogP contribution in [0.25, 0.3) is 66.1 Å². The van der Waals surface area contributed by atoms with Crippen LogP contribution in [0.5, 0.6) is 0 Å². The van der Waals surface area contributed by atoms with E-state index in [1.807, 2.05) is 18.3 Å². The molecule has 0 amide bonds. The van der Waals surface area contributed by atoms with E-state index in [4.69, 9.17) is 9.97 Å². The molecule has 0 radical (unpaired) electrons. The zero-order valence-corrected chi connectivity index (χ0v) is 19.6. The van der Waals surface area contributed by atoms with E-state index in [2.05, 4.69) is 115 Å². The maximum atomic E-state index is 5.09. The highest BCUT2D eigenvalue weighted by Gasteiger charge is 2.14. The summed E-state index contributed by atoms with van der Waals surface area (Å²) in [5, 5.41) is 4.76. The molecule has 7 rings (SSSR count). The molecular formula is C34H22N2. The Hall–Kier alpha value is -4.82. The molecule has 2 heteroatoms.